The number of anilines is 2. The fourth-order valence-corrected chi connectivity index (χ4v) is 2.67. The SMILES string of the molecule is O=C(Nc1cc(Cl)nc(Cl)n1)c1ccc2c(c1)CCCN2. The van der Waals surface area contributed by atoms with Crippen molar-refractivity contribution in [1.29, 1.82) is 0 Å². The zero-order valence-corrected chi connectivity index (χ0v) is 12.5. The number of aryl methyl sites for hydroxylation is 1. The van der Waals surface area contributed by atoms with Crippen molar-refractivity contribution in [3.8, 4) is 0 Å². The van der Waals surface area contributed by atoms with E-state index in [1.807, 2.05) is 12.1 Å². The number of nitrogens with one attached hydrogen (secondary N) is 2. The molecule has 0 atom stereocenters. The summed E-state index contributed by atoms with van der Waals surface area (Å²) in [6.45, 7) is 0.969. The highest BCUT2D eigenvalue weighted by molar-refractivity contribution is 6.32. The topological polar surface area (TPSA) is 66.9 Å². The van der Waals surface area contributed by atoms with Crippen LogP contribution in [0.1, 0.15) is 22.3 Å². The maximum atomic E-state index is 12.2. The molecule has 1 aromatic carbocycles. The zero-order chi connectivity index (χ0) is 14.8. The van der Waals surface area contributed by atoms with Crippen LogP contribution in [-0.4, -0.2) is 22.4 Å². The smallest absolute Gasteiger partial charge is 0.256 e. The van der Waals surface area contributed by atoms with Crippen LogP contribution in [0.3, 0.4) is 0 Å². The van der Waals surface area contributed by atoms with E-state index in [0.29, 0.717) is 5.56 Å². The van der Waals surface area contributed by atoms with Gasteiger partial charge in [0, 0.05) is 23.9 Å². The van der Waals surface area contributed by atoms with E-state index in [4.69, 9.17) is 23.2 Å². The third-order valence-corrected chi connectivity index (χ3v) is 3.58. The summed E-state index contributed by atoms with van der Waals surface area (Å²) in [6.07, 6.45) is 2.03. The molecule has 5 nitrogen and oxygen atoms in total. The van der Waals surface area contributed by atoms with E-state index >= 15 is 0 Å². The molecule has 0 radical (unpaired) electrons. The number of halogens is 2. The normalized spacial score (nSPS) is 13.2. The van der Waals surface area contributed by atoms with Crippen molar-refractivity contribution < 1.29 is 4.79 Å². The molecule has 21 heavy (non-hydrogen) atoms. The third kappa shape index (κ3) is 3.25. The Hall–Kier alpha value is -1.85. The van der Waals surface area contributed by atoms with E-state index in [1.54, 1.807) is 6.07 Å². The molecule has 1 aliphatic heterocycles. The van der Waals surface area contributed by atoms with Crippen molar-refractivity contribution in [2.75, 3.05) is 17.2 Å². The number of carbonyl (C=O) groups excluding carboxylic acids is 1. The number of aromatic nitrogens is 2. The standard InChI is InChI=1S/C14H12Cl2N4O/c15-11-7-12(20-14(16)18-11)19-13(21)9-3-4-10-8(6-9)2-1-5-17-10/h3-4,6-7,17H,1-2,5H2,(H,18,19,20,21). The second kappa shape index (κ2) is 5.87. The van der Waals surface area contributed by atoms with E-state index in [-0.39, 0.29) is 22.2 Å². The van der Waals surface area contributed by atoms with Gasteiger partial charge < -0.3 is 10.6 Å². The quantitative estimate of drug-likeness (QED) is 0.657. The molecule has 0 saturated carbocycles. The highest BCUT2D eigenvalue weighted by atomic mass is 35.5. The molecule has 3 rings (SSSR count). The first-order valence-corrected chi connectivity index (χ1v) is 7.25. The summed E-state index contributed by atoms with van der Waals surface area (Å²) in [4.78, 5) is 19.9. The van der Waals surface area contributed by atoms with Crippen LogP contribution in [0, 0.1) is 0 Å². The molecule has 1 aromatic heterocycles. The van der Waals surface area contributed by atoms with Gasteiger partial charge in [0.15, 0.2) is 0 Å². The van der Waals surface area contributed by atoms with Crippen molar-refractivity contribution >= 4 is 40.6 Å². The van der Waals surface area contributed by atoms with Gasteiger partial charge in [0.2, 0.25) is 5.28 Å². The van der Waals surface area contributed by atoms with Gasteiger partial charge in [-0.2, -0.15) is 0 Å². The number of hydrogen-bond donors (Lipinski definition) is 2. The van der Waals surface area contributed by atoms with Gasteiger partial charge in [-0.15, -0.1) is 0 Å². The number of hydrogen-bond acceptors (Lipinski definition) is 4. The maximum Gasteiger partial charge on any atom is 0.256 e. The summed E-state index contributed by atoms with van der Waals surface area (Å²) < 4.78 is 0. The molecule has 0 unspecified atom stereocenters. The van der Waals surface area contributed by atoms with Gasteiger partial charge in [0.05, 0.1) is 0 Å². The van der Waals surface area contributed by atoms with E-state index in [2.05, 4.69) is 20.6 Å². The van der Waals surface area contributed by atoms with Gasteiger partial charge in [-0.25, -0.2) is 9.97 Å². The average Bonchev–Trinajstić information content (AvgIpc) is 2.45. The largest absolute Gasteiger partial charge is 0.385 e. The van der Waals surface area contributed by atoms with Gasteiger partial charge in [-0.1, -0.05) is 11.6 Å². The molecule has 0 fully saturated rings. The van der Waals surface area contributed by atoms with Crippen LogP contribution in [-0.2, 0) is 6.42 Å². The summed E-state index contributed by atoms with van der Waals surface area (Å²) >= 11 is 11.5. The Balaban J connectivity index is 1.82. The monoisotopic (exact) mass is 322 g/mol. The Kier molecular flexibility index (Phi) is 3.94. The number of benzene rings is 1. The zero-order valence-electron chi connectivity index (χ0n) is 11.0. The van der Waals surface area contributed by atoms with E-state index in [1.165, 1.54) is 6.07 Å². The van der Waals surface area contributed by atoms with Gasteiger partial charge in [-0.3, -0.25) is 4.79 Å². The van der Waals surface area contributed by atoms with Crippen molar-refractivity contribution in [3.05, 3.63) is 45.8 Å². The van der Waals surface area contributed by atoms with Crippen LogP contribution in [0.4, 0.5) is 11.5 Å². The van der Waals surface area contributed by atoms with Gasteiger partial charge in [0.25, 0.3) is 5.91 Å². The maximum absolute atomic E-state index is 12.2. The Morgan fingerprint density at radius 3 is 2.90 bits per heavy atom. The molecule has 1 aliphatic rings. The van der Waals surface area contributed by atoms with Crippen LogP contribution in [0.2, 0.25) is 10.4 Å². The molecular weight excluding hydrogens is 311 g/mol. The summed E-state index contributed by atoms with van der Waals surface area (Å²) in [7, 11) is 0. The van der Waals surface area contributed by atoms with Crippen LogP contribution >= 0.6 is 23.2 Å². The van der Waals surface area contributed by atoms with Gasteiger partial charge in [-0.05, 0) is 48.2 Å². The number of fused-ring (bicyclic) bond motifs is 1. The minimum Gasteiger partial charge on any atom is -0.385 e. The lowest BCUT2D eigenvalue weighted by molar-refractivity contribution is 0.102. The molecular formula is C14H12Cl2N4O. The van der Waals surface area contributed by atoms with Crippen LogP contribution in [0.25, 0.3) is 0 Å². The lowest BCUT2D eigenvalue weighted by Crippen LogP contribution is -2.16. The minimum absolute atomic E-state index is 0.00700. The third-order valence-electron chi connectivity index (χ3n) is 3.21. The first-order valence-electron chi connectivity index (χ1n) is 6.50. The Labute approximate surface area is 131 Å². The van der Waals surface area contributed by atoms with Crippen LogP contribution < -0.4 is 10.6 Å². The Bertz CT molecular complexity index is 685. The molecule has 2 N–H and O–H groups in total. The number of amides is 1. The summed E-state index contributed by atoms with van der Waals surface area (Å²) in [6, 6.07) is 7.03. The van der Waals surface area contributed by atoms with E-state index in [0.717, 1.165) is 30.6 Å². The van der Waals surface area contributed by atoms with Gasteiger partial charge in [0.1, 0.15) is 11.0 Å². The highest BCUT2D eigenvalue weighted by Crippen LogP contribution is 2.23. The molecule has 7 heteroatoms. The fraction of sp³-hybridized carbons (Fsp3) is 0.214. The van der Waals surface area contributed by atoms with Crippen LogP contribution in [0.5, 0.6) is 0 Å². The second-order valence-corrected chi connectivity index (χ2v) is 5.43. The predicted octanol–water partition coefficient (Wildman–Crippen LogP) is 3.39. The molecule has 1 amide bonds. The molecule has 108 valence electrons. The first kappa shape index (κ1) is 14.1. The molecule has 2 heterocycles. The van der Waals surface area contributed by atoms with E-state index < -0.39 is 0 Å². The fourth-order valence-electron chi connectivity index (χ4n) is 2.26. The highest BCUT2D eigenvalue weighted by Gasteiger charge is 2.13. The molecule has 0 bridgehead atoms. The predicted molar refractivity (Wildman–Crippen MR) is 83.3 cm³/mol. The number of rotatable bonds is 2. The minimum atomic E-state index is -0.255. The van der Waals surface area contributed by atoms with Crippen molar-refractivity contribution in [2.24, 2.45) is 0 Å². The first-order chi connectivity index (χ1) is 10.1. The lowest BCUT2D eigenvalue weighted by Gasteiger charge is -2.18. The van der Waals surface area contributed by atoms with Crippen molar-refractivity contribution in [1.82, 2.24) is 9.97 Å². The Morgan fingerprint density at radius 2 is 2.10 bits per heavy atom. The van der Waals surface area contributed by atoms with Crippen LogP contribution in [0.15, 0.2) is 24.3 Å². The second-order valence-electron chi connectivity index (χ2n) is 4.70. The van der Waals surface area contributed by atoms with Gasteiger partial charge >= 0.3 is 0 Å². The summed E-state index contributed by atoms with van der Waals surface area (Å²) in [5, 5.41) is 6.15. The number of nitrogens with zero attached hydrogens (tertiary/aromatic N) is 2. The average molecular weight is 323 g/mol. The molecule has 0 aliphatic carbocycles. The lowest BCUT2D eigenvalue weighted by atomic mass is 10.0. The number of carbonyl (C=O) groups is 1. The summed E-state index contributed by atoms with van der Waals surface area (Å²) in [5.41, 5.74) is 2.81. The van der Waals surface area contributed by atoms with Crippen molar-refractivity contribution in [3.63, 3.8) is 0 Å². The van der Waals surface area contributed by atoms with E-state index in [9.17, 15) is 4.79 Å². The Morgan fingerprint density at radius 1 is 1.24 bits per heavy atom. The molecule has 2 aromatic rings. The summed E-state index contributed by atoms with van der Waals surface area (Å²) in [5.74, 6) is 0.0232. The van der Waals surface area contributed by atoms with Crippen molar-refractivity contribution in [2.45, 2.75) is 12.8 Å². The molecule has 0 spiro atoms. The molecule has 0 saturated heterocycles.